The highest BCUT2D eigenvalue weighted by Crippen LogP contribution is 2.26. The van der Waals surface area contributed by atoms with Gasteiger partial charge in [0.25, 0.3) is 11.8 Å². The largest absolute Gasteiger partial charge is 0.496 e. The summed E-state index contributed by atoms with van der Waals surface area (Å²) in [6.45, 7) is 8.39. The van der Waals surface area contributed by atoms with Crippen LogP contribution in [0.3, 0.4) is 0 Å². The van der Waals surface area contributed by atoms with E-state index in [1.54, 1.807) is 43.2 Å². The lowest BCUT2D eigenvalue weighted by Crippen LogP contribution is -2.21. The molecule has 0 aliphatic carbocycles. The van der Waals surface area contributed by atoms with Gasteiger partial charge >= 0.3 is 0 Å². The number of ether oxygens (including phenoxy) is 2. The normalized spacial score (nSPS) is 10.8. The molecule has 198 valence electrons. The van der Waals surface area contributed by atoms with Crippen molar-refractivity contribution in [1.29, 1.82) is 0 Å². The van der Waals surface area contributed by atoms with Crippen molar-refractivity contribution < 1.29 is 19.1 Å². The molecule has 4 rings (SSSR count). The minimum Gasteiger partial charge on any atom is -0.496 e. The summed E-state index contributed by atoms with van der Waals surface area (Å²) in [7, 11) is 3.37. The highest BCUT2D eigenvalue weighted by Gasteiger charge is 2.22. The molecular formula is C28H32N6O4. The zero-order chi connectivity index (χ0) is 27.4. The highest BCUT2D eigenvalue weighted by atomic mass is 16.5. The van der Waals surface area contributed by atoms with Crippen LogP contribution in [0.2, 0.25) is 0 Å². The van der Waals surface area contributed by atoms with Crippen molar-refractivity contribution in [3.8, 4) is 11.5 Å². The fourth-order valence-corrected chi connectivity index (χ4v) is 4.00. The van der Waals surface area contributed by atoms with Gasteiger partial charge in [-0.05, 0) is 63.1 Å². The molecule has 10 nitrogen and oxygen atoms in total. The number of anilines is 2. The first-order valence-electron chi connectivity index (χ1n) is 12.3. The first-order valence-corrected chi connectivity index (χ1v) is 12.3. The molecule has 0 bridgehead atoms. The van der Waals surface area contributed by atoms with Gasteiger partial charge in [-0.25, -0.2) is 0 Å². The van der Waals surface area contributed by atoms with Gasteiger partial charge < -0.3 is 20.1 Å². The van der Waals surface area contributed by atoms with Gasteiger partial charge in [-0.15, -0.1) is 0 Å². The SMILES string of the molecule is CCn1ncc(NC(=O)c2ccc(OC)c(COc3cc(C)ccc3C)c2)c1C(=O)Nc1cnn(C)c1C. The summed E-state index contributed by atoms with van der Waals surface area (Å²) in [5.41, 5.74) is 5.17. The summed E-state index contributed by atoms with van der Waals surface area (Å²) < 4.78 is 14.7. The third kappa shape index (κ3) is 5.54. The number of carbonyl (C=O) groups excluding carboxylic acids is 2. The molecule has 0 radical (unpaired) electrons. The van der Waals surface area contributed by atoms with E-state index in [1.807, 2.05) is 45.9 Å². The van der Waals surface area contributed by atoms with E-state index in [1.165, 1.54) is 10.9 Å². The van der Waals surface area contributed by atoms with Crippen molar-refractivity contribution in [2.75, 3.05) is 17.7 Å². The summed E-state index contributed by atoms with van der Waals surface area (Å²) in [4.78, 5) is 26.4. The molecule has 0 spiro atoms. The summed E-state index contributed by atoms with van der Waals surface area (Å²) in [6, 6.07) is 11.1. The van der Waals surface area contributed by atoms with Crippen molar-refractivity contribution in [2.45, 2.75) is 40.8 Å². The Morgan fingerprint density at radius 2 is 1.66 bits per heavy atom. The van der Waals surface area contributed by atoms with Crippen LogP contribution < -0.4 is 20.1 Å². The van der Waals surface area contributed by atoms with Crippen LogP contribution in [0.4, 0.5) is 11.4 Å². The monoisotopic (exact) mass is 516 g/mol. The van der Waals surface area contributed by atoms with Crippen LogP contribution in [0.15, 0.2) is 48.8 Å². The number of rotatable bonds is 9. The maximum absolute atomic E-state index is 13.3. The molecule has 2 amide bonds. The molecule has 2 N–H and O–H groups in total. The Kier molecular flexibility index (Phi) is 7.80. The van der Waals surface area contributed by atoms with E-state index >= 15 is 0 Å². The number of nitrogens with zero attached hydrogens (tertiary/aromatic N) is 4. The topological polar surface area (TPSA) is 112 Å². The number of aromatic nitrogens is 4. The van der Waals surface area contributed by atoms with E-state index in [-0.39, 0.29) is 18.2 Å². The number of nitrogens with one attached hydrogen (secondary N) is 2. The Morgan fingerprint density at radius 1 is 0.921 bits per heavy atom. The van der Waals surface area contributed by atoms with Crippen LogP contribution in [-0.2, 0) is 20.2 Å². The summed E-state index contributed by atoms with van der Waals surface area (Å²) in [5.74, 6) is 0.599. The van der Waals surface area contributed by atoms with Gasteiger partial charge in [0.15, 0.2) is 0 Å². The van der Waals surface area contributed by atoms with Gasteiger partial charge in [0.2, 0.25) is 0 Å². The fraction of sp³-hybridized carbons (Fsp3) is 0.286. The third-order valence-electron chi connectivity index (χ3n) is 6.36. The summed E-state index contributed by atoms with van der Waals surface area (Å²) in [6.07, 6.45) is 3.05. The summed E-state index contributed by atoms with van der Waals surface area (Å²) in [5, 5.41) is 14.1. The second-order valence-corrected chi connectivity index (χ2v) is 8.98. The van der Waals surface area contributed by atoms with Gasteiger partial charge in [-0.3, -0.25) is 19.0 Å². The molecule has 2 heterocycles. The van der Waals surface area contributed by atoms with Crippen molar-refractivity contribution in [3.05, 3.63) is 82.4 Å². The fourth-order valence-electron chi connectivity index (χ4n) is 4.00. The highest BCUT2D eigenvalue weighted by molar-refractivity contribution is 6.11. The van der Waals surface area contributed by atoms with Gasteiger partial charge in [0.05, 0.1) is 36.6 Å². The van der Waals surface area contributed by atoms with Gasteiger partial charge in [0.1, 0.15) is 23.8 Å². The second-order valence-electron chi connectivity index (χ2n) is 8.98. The van der Waals surface area contributed by atoms with E-state index in [2.05, 4.69) is 20.8 Å². The van der Waals surface area contributed by atoms with Crippen LogP contribution in [0.25, 0.3) is 0 Å². The lowest BCUT2D eigenvalue weighted by atomic mass is 10.1. The predicted octanol–water partition coefficient (Wildman–Crippen LogP) is 4.65. The molecule has 0 aliphatic heterocycles. The van der Waals surface area contributed by atoms with E-state index in [0.717, 1.165) is 28.1 Å². The van der Waals surface area contributed by atoms with E-state index in [4.69, 9.17) is 9.47 Å². The van der Waals surface area contributed by atoms with Gasteiger partial charge in [0, 0.05) is 24.7 Å². The Morgan fingerprint density at radius 3 is 2.34 bits per heavy atom. The van der Waals surface area contributed by atoms with Crippen LogP contribution in [-0.4, -0.2) is 38.5 Å². The number of amides is 2. The maximum Gasteiger partial charge on any atom is 0.276 e. The Labute approximate surface area is 221 Å². The molecule has 10 heteroatoms. The van der Waals surface area contributed by atoms with E-state index < -0.39 is 5.91 Å². The van der Waals surface area contributed by atoms with Gasteiger partial charge in [-0.1, -0.05) is 12.1 Å². The molecule has 38 heavy (non-hydrogen) atoms. The molecule has 0 unspecified atom stereocenters. The lowest BCUT2D eigenvalue weighted by Gasteiger charge is -2.14. The maximum atomic E-state index is 13.3. The Bertz CT molecular complexity index is 1490. The van der Waals surface area contributed by atoms with Crippen LogP contribution >= 0.6 is 0 Å². The van der Waals surface area contributed by atoms with Crippen LogP contribution in [0.1, 0.15) is 50.2 Å². The van der Waals surface area contributed by atoms with Crippen LogP contribution in [0.5, 0.6) is 11.5 Å². The van der Waals surface area contributed by atoms with Gasteiger partial charge in [-0.2, -0.15) is 10.2 Å². The first-order chi connectivity index (χ1) is 18.2. The number of methoxy groups -OCH3 is 1. The molecule has 0 atom stereocenters. The molecule has 0 saturated heterocycles. The predicted molar refractivity (Wildman–Crippen MR) is 145 cm³/mol. The van der Waals surface area contributed by atoms with Crippen molar-refractivity contribution in [3.63, 3.8) is 0 Å². The second kappa shape index (κ2) is 11.2. The number of benzene rings is 2. The smallest absolute Gasteiger partial charge is 0.276 e. The average Bonchev–Trinajstić information content (AvgIpc) is 3.46. The first kappa shape index (κ1) is 26.5. The van der Waals surface area contributed by atoms with E-state index in [9.17, 15) is 9.59 Å². The zero-order valence-corrected chi connectivity index (χ0v) is 22.5. The molecular weight excluding hydrogens is 484 g/mol. The minimum absolute atomic E-state index is 0.223. The van der Waals surface area contributed by atoms with Crippen molar-refractivity contribution >= 4 is 23.2 Å². The van der Waals surface area contributed by atoms with Crippen LogP contribution in [0, 0.1) is 20.8 Å². The zero-order valence-electron chi connectivity index (χ0n) is 22.5. The lowest BCUT2D eigenvalue weighted by molar-refractivity contribution is 0.101. The number of carbonyl (C=O) groups is 2. The molecule has 0 fully saturated rings. The molecule has 0 saturated carbocycles. The molecule has 2 aromatic heterocycles. The number of hydrogen-bond donors (Lipinski definition) is 2. The Hall–Kier alpha value is -4.60. The standard InChI is InChI=1S/C28H32N6O4/c1-7-34-26(28(36)31-22-14-29-33(5)19(22)4)23(15-30-34)32-27(35)20-10-11-24(37-6)21(13-20)16-38-25-12-17(2)8-9-18(25)3/h8-15H,7,16H2,1-6H3,(H,31,36)(H,32,35). The minimum atomic E-state index is -0.395. The number of hydrogen-bond acceptors (Lipinski definition) is 6. The molecule has 4 aromatic rings. The Balaban J connectivity index is 1.55. The number of aryl methyl sites for hydroxylation is 4. The molecule has 0 aliphatic rings. The average molecular weight is 517 g/mol. The van der Waals surface area contributed by atoms with Crippen molar-refractivity contribution in [2.24, 2.45) is 7.05 Å². The summed E-state index contributed by atoms with van der Waals surface area (Å²) >= 11 is 0. The van der Waals surface area contributed by atoms with Crippen molar-refractivity contribution in [1.82, 2.24) is 19.6 Å². The molecule has 2 aromatic carbocycles. The van der Waals surface area contributed by atoms with E-state index in [0.29, 0.717) is 29.2 Å². The third-order valence-corrected chi connectivity index (χ3v) is 6.36. The quantitative estimate of drug-likeness (QED) is 0.335.